The van der Waals surface area contributed by atoms with Crippen molar-refractivity contribution < 1.29 is 19.3 Å². The summed E-state index contributed by atoms with van der Waals surface area (Å²) >= 11 is 0. The second-order valence-corrected chi connectivity index (χ2v) is 2.85. The number of aliphatic hydroxyl groups excluding tert-OH is 1. The number of hydrogen-bond donors (Lipinski definition) is 2. The van der Waals surface area contributed by atoms with Crippen molar-refractivity contribution in [3.8, 4) is 0 Å². The third-order valence-electron chi connectivity index (χ3n) is 1.72. The summed E-state index contributed by atoms with van der Waals surface area (Å²) in [5.74, 6) is 0. The van der Waals surface area contributed by atoms with Crippen molar-refractivity contribution >= 4 is 0 Å². The van der Waals surface area contributed by atoms with Crippen LogP contribution in [-0.2, 0) is 14.2 Å². The molecule has 0 aromatic carbocycles. The Morgan fingerprint density at radius 3 is 2.64 bits per heavy atom. The molecular formula is C9H21NO4. The van der Waals surface area contributed by atoms with Crippen LogP contribution in [0.3, 0.4) is 0 Å². The molecule has 5 heteroatoms. The SMILES string of the molecule is COCC(CNCCOCCO)OC. The molecule has 0 bridgehead atoms. The predicted octanol–water partition coefficient (Wildman–Crippen LogP) is -0.754. The zero-order valence-corrected chi connectivity index (χ0v) is 8.99. The summed E-state index contributed by atoms with van der Waals surface area (Å²) in [4.78, 5) is 0. The van der Waals surface area contributed by atoms with E-state index in [2.05, 4.69) is 5.32 Å². The molecule has 0 rings (SSSR count). The molecule has 5 nitrogen and oxygen atoms in total. The van der Waals surface area contributed by atoms with Gasteiger partial charge in [-0.1, -0.05) is 0 Å². The van der Waals surface area contributed by atoms with Crippen molar-refractivity contribution in [3.63, 3.8) is 0 Å². The summed E-state index contributed by atoms with van der Waals surface area (Å²) in [5, 5.41) is 11.6. The van der Waals surface area contributed by atoms with Gasteiger partial charge in [0.2, 0.25) is 0 Å². The van der Waals surface area contributed by atoms with Crippen molar-refractivity contribution in [2.75, 3.05) is 53.7 Å². The summed E-state index contributed by atoms with van der Waals surface area (Å²) < 4.78 is 15.2. The topological polar surface area (TPSA) is 60.0 Å². The van der Waals surface area contributed by atoms with Gasteiger partial charge in [0.05, 0.1) is 32.5 Å². The Labute approximate surface area is 85.3 Å². The maximum atomic E-state index is 8.44. The van der Waals surface area contributed by atoms with Gasteiger partial charge in [-0.05, 0) is 0 Å². The van der Waals surface area contributed by atoms with E-state index in [9.17, 15) is 0 Å². The molecule has 1 unspecified atom stereocenters. The molecular weight excluding hydrogens is 186 g/mol. The van der Waals surface area contributed by atoms with Gasteiger partial charge in [-0.15, -0.1) is 0 Å². The molecule has 0 saturated carbocycles. The molecule has 0 fully saturated rings. The van der Waals surface area contributed by atoms with Crippen molar-refractivity contribution in [1.29, 1.82) is 0 Å². The first-order valence-electron chi connectivity index (χ1n) is 4.76. The average Bonchev–Trinajstić information content (AvgIpc) is 2.21. The number of aliphatic hydroxyl groups is 1. The smallest absolute Gasteiger partial charge is 0.0928 e. The quantitative estimate of drug-likeness (QED) is 0.461. The van der Waals surface area contributed by atoms with E-state index >= 15 is 0 Å². The van der Waals surface area contributed by atoms with Gasteiger partial charge in [0.25, 0.3) is 0 Å². The molecule has 86 valence electrons. The zero-order chi connectivity index (χ0) is 10.6. The van der Waals surface area contributed by atoms with Gasteiger partial charge in [0.15, 0.2) is 0 Å². The van der Waals surface area contributed by atoms with Gasteiger partial charge in [0, 0.05) is 27.3 Å². The largest absolute Gasteiger partial charge is 0.394 e. The molecule has 0 aliphatic carbocycles. The second kappa shape index (κ2) is 10.9. The lowest BCUT2D eigenvalue weighted by Crippen LogP contribution is -2.33. The maximum absolute atomic E-state index is 8.44. The fourth-order valence-corrected chi connectivity index (χ4v) is 0.970. The van der Waals surface area contributed by atoms with E-state index in [1.165, 1.54) is 0 Å². The van der Waals surface area contributed by atoms with Gasteiger partial charge >= 0.3 is 0 Å². The van der Waals surface area contributed by atoms with E-state index < -0.39 is 0 Å². The minimum atomic E-state index is 0.0738. The summed E-state index contributed by atoms with van der Waals surface area (Å²) in [5.41, 5.74) is 0. The minimum absolute atomic E-state index is 0.0738. The predicted molar refractivity (Wildman–Crippen MR) is 53.4 cm³/mol. The molecule has 0 spiro atoms. The van der Waals surface area contributed by atoms with Gasteiger partial charge in [-0.25, -0.2) is 0 Å². The van der Waals surface area contributed by atoms with E-state index in [-0.39, 0.29) is 12.7 Å². The molecule has 2 N–H and O–H groups in total. The minimum Gasteiger partial charge on any atom is -0.394 e. The van der Waals surface area contributed by atoms with E-state index in [4.69, 9.17) is 19.3 Å². The van der Waals surface area contributed by atoms with Gasteiger partial charge < -0.3 is 24.6 Å². The fourth-order valence-electron chi connectivity index (χ4n) is 0.970. The normalized spacial score (nSPS) is 13.1. The molecule has 0 saturated heterocycles. The second-order valence-electron chi connectivity index (χ2n) is 2.85. The van der Waals surface area contributed by atoms with Crippen molar-refractivity contribution in [1.82, 2.24) is 5.32 Å². The van der Waals surface area contributed by atoms with Crippen LogP contribution >= 0.6 is 0 Å². The highest BCUT2D eigenvalue weighted by atomic mass is 16.5. The van der Waals surface area contributed by atoms with Crippen molar-refractivity contribution in [2.24, 2.45) is 0 Å². The fraction of sp³-hybridized carbons (Fsp3) is 1.00. The molecule has 0 aliphatic heterocycles. The highest BCUT2D eigenvalue weighted by molar-refractivity contribution is 4.59. The molecule has 0 radical (unpaired) electrons. The first-order chi connectivity index (χ1) is 6.85. The van der Waals surface area contributed by atoms with Crippen LogP contribution in [-0.4, -0.2) is 64.9 Å². The van der Waals surface area contributed by atoms with Crippen LogP contribution < -0.4 is 5.32 Å². The zero-order valence-electron chi connectivity index (χ0n) is 8.99. The highest BCUT2D eigenvalue weighted by Gasteiger charge is 2.04. The Hall–Kier alpha value is -0.200. The molecule has 0 aliphatic rings. The summed E-state index contributed by atoms with van der Waals surface area (Å²) in [7, 11) is 3.31. The first kappa shape index (κ1) is 13.8. The lowest BCUT2D eigenvalue weighted by atomic mass is 10.4. The Balaban J connectivity index is 3.15. The van der Waals surface area contributed by atoms with Crippen LogP contribution in [0.1, 0.15) is 0 Å². The number of ether oxygens (including phenoxy) is 3. The molecule has 0 aromatic rings. The summed E-state index contributed by atoms with van der Waals surface area (Å²) in [6, 6.07) is 0. The number of methoxy groups -OCH3 is 2. The Kier molecular flexibility index (Phi) is 10.7. The van der Waals surface area contributed by atoms with Crippen LogP contribution in [0.25, 0.3) is 0 Å². The van der Waals surface area contributed by atoms with Crippen molar-refractivity contribution in [2.45, 2.75) is 6.10 Å². The third kappa shape index (κ3) is 8.40. The van der Waals surface area contributed by atoms with Crippen molar-refractivity contribution in [3.05, 3.63) is 0 Å². The van der Waals surface area contributed by atoms with Crippen LogP contribution in [0.4, 0.5) is 0 Å². The number of nitrogens with one attached hydrogen (secondary N) is 1. The molecule has 0 amide bonds. The average molecular weight is 207 g/mol. The van der Waals surface area contributed by atoms with Gasteiger partial charge in [0.1, 0.15) is 0 Å². The summed E-state index contributed by atoms with van der Waals surface area (Å²) in [6.45, 7) is 3.15. The maximum Gasteiger partial charge on any atom is 0.0928 e. The Bertz CT molecular complexity index is 113. The van der Waals surface area contributed by atoms with E-state index in [0.29, 0.717) is 19.8 Å². The monoisotopic (exact) mass is 207 g/mol. The molecule has 1 atom stereocenters. The third-order valence-corrected chi connectivity index (χ3v) is 1.72. The van der Waals surface area contributed by atoms with Crippen LogP contribution in [0.15, 0.2) is 0 Å². The molecule has 0 aromatic heterocycles. The Morgan fingerprint density at radius 2 is 2.07 bits per heavy atom. The first-order valence-corrected chi connectivity index (χ1v) is 4.76. The number of rotatable bonds is 10. The van der Waals surface area contributed by atoms with Crippen LogP contribution in [0, 0.1) is 0 Å². The van der Waals surface area contributed by atoms with Gasteiger partial charge in [-0.2, -0.15) is 0 Å². The lowest BCUT2D eigenvalue weighted by molar-refractivity contribution is 0.0270. The van der Waals surface area contributed by atoms with E-state index in [1.54, 1.807) is 14.2 Å². The number of hydrogen-bond acceptors (Lipinski definition) is 5. The Morgan fingerprint density at radius 1 is 1.29 bits per heavy atom. The van der Waals surface area contributed by atoms with Crippen LogP contribution in [0.2, 0.25) is 0 Å². The van der Waals surface area contributed by atoms with Crippen LogP contribution in [0.5, 0.6) is 0 Å². The highest BCUT2D eigenvalue weighted by Crippen LogP contribution is 1.87. The standard InChI is InChI=1S/C9H21NO4/c1-12-8-9(13-2)7-10-3-5-14-6-4-11/h9-11H,3-8H2,1-2H3. The van der Waals surface area contributed by atoms with E-state index in [0.717, 1.165) is 13.1 Å². The van der Waals surface area contributed by atoms with E-state index in [1.807, 2.05) is 0 Å². The summed E-state index contributed by atoms with van der Waals surface area (Å²) in [6.07, 6.45) is 0.0813. The molecule has 14 heavy (non-hydrogen) atoms. The lowest BCUT2D eigenvalue weighted by Gasteiger charge is -2.14. The van der Waals surface area contributed by atoms with Gasteiger partial charge in [-0.3, -0.25) is 0 Å². The molecule has 0 heterocycles.